The standard InChI is InChI=1S/C20H29N3O3.HI/c1-5-21-19(23-14-20(3,24)18-11-8-12-26-18)22-13-15(2)16-9-6-7-10-17(16)25-4;/h6-12,15,24H,5,13-14H2,1-4H3,(H2,21,22,23);1H. The van der Waals surface area contributed by atoms with Gasteiger partial charge in [0.15, 0.2) is 5.96 Å². The van der Waals surface area contributed by atoms with E-state index in [1.165, 1.54) is 0 Å². The predicted molar refractivity (Wildman–Crippen MR) is 119 cm³/mol. The van der Waals surface area contributed by atoms with Crippen molar-refractivity contribution in [2.75, 3.05) is 26.7 Å². The molecule has 3 N–H and O–H groups in total. The lowest BCUT2D eigenvalue weighted by atomic mass is 10.0. The Labute approximate surface area is 178 Å². The molecule has 2 aromatic rings. The minimum Gasteiger partial charge on any atom is -0.496 e. The molecule has 1 heterocycles. The van der Waals surface area contributed by atoms with Gasteiger partial charge >= 0.3 is 0 Å². The summed E-state index contributed by atoms with van der Waals surface area (Å²) in [6.07, 6.45) is 1.55. The second kappa shape index (κ2) is 11.2. The number of methoxy groups -OCH3 is 1. The van der Waals surface area contributed by atoms with Gasteiger partial charge < -0.3 is 24.9 Å². The maximum absolute atomic E-state index is 10.5. The van der Waals surface area contributed by atoms with Crippen molar-refractivity contribution in [2.24, 2.45) is 4.99 Å². The highest BCUT2D eigenvalue weighted by Crippen LogP contribution is 2.25. The maximum Gasteiger partial charge on any atom is 0.191 e. The predicted octanol–water partition coefficient (Wildman–Crippen LogP) is 3.47. The van der Waals surface area contributed by atoms with Gasteiger partial charge in [0.05, 0.1) is 19.9 Å². The Morgan fingerprint density at radius 2 is 2.00 bits per heavy atom. The van der Waals surface area contributed by atoms with E-state index in [-0.39, 0.29) is 36.4 Å². The average Bonchev–Trinajstić information content (AvgIpc) is 3.19. The van der Waals surface area contributed by atoms with E-state index in [0.717, 1.165) is 17.9 Å². The molecule has 2 rings (SSSR count). The van der Waals surface area contributed by atoms with Gasteiger partial charge in [-0.3, -0.25) is 0 Å². The van der Waals surface area contributed by atoms with Crippen LogP contribution in [-0.4, -0.2) is 37.8 Å². The first-order valence-corrected chi connectivity index (χ1v) is 8.89. The summed E-state index contributed by atoms with van der Waals surface area (Å²) in [6.45, 7) is 7.45. The van der Waals surface area contributed by atoms with Crippen LogP contribution < -0.4 is 15.4 Å². The molecule has 6 nitrogen and oxygen atoms in total. The van der Waals surface area contributed by atoms with Crippen LogP contribution in [-0.2, 0) is 5.60 Å². The molecule has 1 aromatic carbocycles. The molecular formula is C20H30IN3O3. The van der Waals surface area contributed by atoms with Crippen LogP contribution in [0.15, 0.2) is 52.1 Å². The molecule has 150 valence electrons. The zero-order valence-electron chi connectivity index (χ0n) is 16.4. The molecule has 0 bridgehead atoms. The van der Waals surface area contributed by atoms with Crippen molar-refractivity contribution >= 4 is 29.9 Å². The summed E-state index contributed by atoms with van der Waals surface area (Å²) in [5, 5.41) is 17.1. The lowest BCUT2D eigenvalue weighted by Crippen LogP contribution is -2.40. The van der Waals surface area contributed by atoms with Crippen LogP contribution in [0, 0.1) is 0 Å². The van der Waals surface area contributed by atoms with E-state index < -0.39 is 5.60 Å². The fourth-order valence-electron chi connectivity index (χ4n) is 2.67. The van der Waals surface area contributed by atoms with Crippen molar-refractivity contribution in [1.82, 2.24) is 10.6 Å². The number of aliphatic hydroxyl groups is 1. The normalized spacial score (nSPS) is 14.6. The Bertz CT molecular complexity index is 702. The molecule has 0 aliphatic carbocycles. The number of hydrogen-bond acceptors (Lipinski definition) is 4. The number of nitrogens with zero attached hydrogens (tertiary/aromatic N) is 1. The molecule has 0 amide bonds. The number of ether oxygens (including phenoxy) is 1. The van der Waals surface area contributed by atoms with E-state index in [2.05, 4.69) is 28.6 Å². The number of halogens is 1. The Balaban J connectivity index is 0.00000364. The average molecular weight is 487 g/mol. The Hall–Kier alpha value is -1.74. The Kier molecular flexibility index (Phi) is 9.65. The summed E-state index contributed by atoms with van der Waals surface area (Å²) < 4.78 is 10.7. The lowest BCUT2D eigenvalue weighted by Gasteiger charge is -2.21. The monoisotopic (exact) mass is 487 g/mol. The minimum atomic E-state index is -1.15. The van der Waals surface area contributed by atoms with Crippen LogP contribution in [0.25, 0.3) is 0 Å². The van der Waals surface area contributed by atoms with Crippen molar-refractivity contribution in [2.45, 2.75) is 32.3 Å². The molecule has 27 heavy (non-hydrogen) atoms. The van der Waals surface area contributed by atoms with Crippen molar-refractivity contribution in [3.63, 3.8) is 0 Å². The maximum atomic E-state index is 10.5. The summed E-state index contributed by atoms with van der Waals surface area (Å²) in [5.41, 5.74) is -0.0129. The Morgan fingerprint density at radius 1 is 1.26 bits per heavy atom. The molecule has 2 atom stereocenters. The highest BCUT2D eigenvalue weighted by molar-refractivity contribution is 14.0. The number of furan rings is 1. The van der Waals surface area contributed by atoms with Crippen molar-refractivity contribution in [1.29, 1.82) is 0 Å². The van der Waals surface area contributed by atoms with E-state index in [0.29, 0.717) is 18.3 Å². The highest BCUT2D eigenvalue weighted by Gasteiger charge is 2.26. The summed E-state index contributed by atoms with van der Waals surface area (Å²) in [6, 6.07) is 11.5. The lowest BCUT2D eigenvalue weighted by molar-refractivity contribution is 0.0437. The largest absolute Gasteiger partial charge is 0.496 e. The van der Waals surface area contributed by atoms with Crippen molar-refractivity contribution in [3.8, 4) is 5.75 Å². The molecule has 0 saturated carbocycles. The molecular weight excluding hydrogens is 457 g/mol. The number of nitrogens with one attached hydrogen (secondary N) is 2. The van der Waals surface area contributed by atoms with Crippen molar-refractivity contribution in [3.05, 3.63) is 54.0 Å². The number of rotatable bonds is 8. The number of benzene rings is 1. The van der Waals surface area contributed by atoms with Gasteiger partial charge in [-0.15, -0.1) is 24.0 Å². The number of para-hydroxylation sites is 1. The van der Waals surface area contributed by atoms with Gasteiger partial charge in [-0.2, -0.15) is 0 Å². The molecule has 2 unspecified atom stereocenters. The molecule has 0 aliphatic heterocycles. The number of aliphatic imine (C=N–C) groups is 1. The topological polar surface area (TPSA) is 79.0 Å². The quantitative estimate of drug-likeness (QED) is 0.302. The molecule has 0 radical (unpaired) electrons. The van der Waals surface area contributed by atoms with E-state index >= 15 is 0 Å². The third-order valence-corrected chi connectivity index (χ3v) is 4.19. The third-order valence-electron chi connectivity index (χ3n) is 4.19. The van der Waals surface area contributed by atoms with Gasteiger partial charge in [0.25, 0.3) is 0 Å². The number of hydrogen-bond donors (Lipinski definition) is 3. The van der Waals surface area contributed by atoms with Gasteiger partial charge in [-0.05, 0) is 37.6 Å². The van der Waals surface area contributed by atoms with Crippen LogP contribution >= 0.6 is 24.0 Å². The first-order chi connectivity index (χ1) is 12.5. The fraction of sp³-hybridized carbons (Fsp3) is 0.450. The highest BCUT2D eigenvalue weighted by atomic mass is 127. The van der Waals surface area contributed by atoms with E-state index in [1.54, 1.807) is 32.4 Å². The van der Waals surface area contributed by atoms with Gasteiger partial charge in [0.1, 0.15) is 17.1 Å². The SMILES string of the molecule is CCNC(=NCC(C)(O)c1ccco1)NCC(C)c1ccccc1OC.I. The smallest absolute Gasteiger partial charge is 0.191 e. The first-order valence-electron chi connectivity index (χ1n) is 8.89. The zero-order valence-corrected chi connectivity index (χ0v) is 18.7. The second-order valence-electron chi connectivity index (χ2n) is 6.47. The summed E-state index contributed by atoms with van der Waals surface area (Å²) in [5.74, 6) is 2.27. The van der Waals surface area contributed by atoms with Gasteiger partial charge in [-0.25, -0.2) is 4.99 Å². The molecule has 7 heteroatoms. The summed E-state index contributed by atoms with van der Waals surface area (Å²) >= 11 is 0. The van der Waals surface area contributed by atoms with Crippen LogP contribution in [0.3, 0.4) is 0 Å². The van der Waals surface area contributed by atoms with E-state index in [9.17, 15) is 5.11 Å². The van der Waals surface area contributed by atoms with E-state index in [4.69, 9.17) is 9.15 Å². The van der Waals surface area contributed by atoms with Gasteiger partial charge in [-0.1, -0.05) is 25.1 Å². The molecule has 0 saturated heterocycles. The van der Waals surface area contributed by atoms with Crippen LogP contribution in [0.4, 0.5) is 0 Å². The van der Waals surface area contributed by atoms with Gasteiger partial charge in [0.2, 0.25) is 0 Å². The van der Waals surface area contributed by atoms with Crippen LogP contribution in [0.1, 0.15) is 38.0 Å². The first kappa shape index (κ1) is 23.3. The molecule has 0 aliphatic rings. The Morgan fingerprint density at radius 3 is 2.63 bits per heavy atom. The molecule has 1 aromatic heterocycles. The van der Waals surface area contributed by atoms with Crippen LogP contribution in [0.5, 0.6) is 5.75 Å². The van der Waals surface area contributed by atoms with Crippen LogP contribution in [0.2, 0.25) is 0 Å². The third kappa shape index (κ3) is 6.73. The van der Waals surface area contributed by atoms with Crippen molar-refractivity contribution < 1.29 is 14.3 Å². The van der Waals surface area contributed by atoms with Gasteiger partial charge in [0, 0.05) is 19.0 Å². The number of guanidine groups is 1. The van der Waals surface area contributed by atoms with E-state index in [1.807, 2.05) is 25.1 Å². The fourth-order valence-corrected chi connectivity index (χ4v) is 2.67. The summed E-state index contributed by atoms with van der Waals surface area (Å²) in [4.78, 5) is 4.50. The second-order valence-corrected chi connectivity index (χ2v) is 6.47. The molecule has 0 spiro atoms. The summed E-state index contributed by atoms with van der Waals surface area (Å²) in [7, 11) is 1.68. The minimum absolute atomic E-state index is 0. The zero-order chi connectivity index (χ0) is 19.0. The molecule has 0 fully saturated rings.